The summed E-state index contributed by atoms with van der Waals surface area (Å²) in [7, 11) is -3.67. The standard InChI is InChI=1S/C19H26N6O4S/c1-16-3-6-19(22-13-16)23-9-11-24(12-10-23)30(28,29)14-17(25(27)15-26)4-5-18-20-7-2-8-21-18/h2-3,6-8,13,15,17,27H,4-5,9-12,14H2,1H3. The zero-order valence-corrected chi connectivity index (χ0v) is 17.6. The van der Waals surface area contributed by atoms with Crippen LogP contribution >= 0.6 is 0 Å². The van der Waals surface area contributed by atoms with E-state index in [0.29, 0.717) is 43.5 Å². The van der Waals surface area contributed by atoms with Crippen LogP contribution in [0.4, 0.5) is 5.82 Å². The molecular weight excluding hydrogens is 408 g/mol. The van der Waals surface area contributed by atoms with Gasteiger partial charge in [0.25, 0.3) is 0 Å². The Morgan fingerprint density at radius 2 is 1.87 bits per heavy atom. The Balaban J connectivity index is 1.60. The van der Waals surface area contributed by atoms with Crippen LogP contribution in [0.2, 0.25) is 0 Å². The zero-order valence-electron chi connectivity index (χ0n) is 16.8. The monoisotopic (exact) mass is 434 g/mol. The molecule has 2 aromatic heterocycles. The highest BCUT2D eigenvalue weighted by Gasteiger charge is 2.31. The number of nitrogens with zero attached hydrogens (tertiary/aromatic N) is 6. The van der Waals surface area contributed by atoms with Crippen LogP contribution < -0.4 is 4.90 Å². The fourth-order valence-electron chi connectivity index (χ4n) is 3.32. The number of anilines is 1. The number of carbonyl (C=O) groups is 1. The molecule has 162 valence electrons. The number of rotatable bonds is 9. The molecule has 1 saturated heterocycles. The molecule has 3 rings (SSSR count). The van der Waals surface area contributed by atoms with E-state index >= 15 is 0 Å². The van der Waals surface area contributed by atoms with Gasteiger partial charge in [0.1, 0.15) is 11.6 Å². The number of pyridine rings is 1. The van der Waals surface area contributed by atoms with Crippen LogP contribution in [0.15, 0.2) is 36.8 Å². The molecule has 30 heavy (non-hydrogen) atoms. The maximum Gasteiger partial charge on any atom is 0.233 e. The van der Waals surface area contributed by atoms with E-state index in [9.17, 15) is 18.4 Å². The fraction of sp³-hybridized carbons (Fsp3) is 0.474. The number of hydrogen-bond donors (Lipinski definition) is 1. The van der Waals surface area contributed by atoms with Crippen molar-refractivity contribution in [2.45, 2.75) is 25.8 Å². The Labute approximate surface area is 176 Å². The summed E-state index contributed by atoms with van der Waals surface area (Å²) in [6.45, 7) is 3.64. The van der Waals surface area contributed by atoms with Gasteiger partial charge in [-0.25, -0.2) is 28.4 Å². The average molecular weight is 435 g/mol. The van der Waals surface area contributed by atoms with Crippen molar-refractivity contribution < 1.29 is 18.4 Å². The molecule has 0 saturated carbocycles. The van der Waals surface area contributed by atoms with Gasteiger partial charge in [-0.05, 0) is 31.0 Å². The van der Waals surface area contributed by atoms with Gasteiger partial charge in [0.2, 0.25) is 16.4 Å². The third-order valence-corrected chi connectivity index (χ3v) is 7.02. The number of sulfonamides is 1. The average Bonchev–Trinajstić information content (AvgIpc) is 2.77. The smallest absolute Gasteiger partial charge is 0.233 e. The van der Waals surface area contributed by atoms with E-state index < -0.39 is 16.1 Å². The molecule has 2 aromatic rings. The first kappa shape index (κ1) is 22.1. The van der Waals surface area contributed by atoms with Crippen LogP contribution in [0.3, 0.4) is 0 Å². The first-order valence-electron chi connectivity index (χ1n) is 9.73. The normalized spacial score (nSPS) is 16.3. The van der Waals surface area contributed by atoms with Crippen LogP contribution in [0.1, 0.15) is 17.8 Å². The minimum atomic E-state index is -3.67. The molecule has 3 heterocycles. The number of aryl methyl sites for hydroxylation is 2. The molecule has 0 bridgehead atoms. The van der Waals surface area contributed by atoms with Gasteiger partial charge in [0.15, 0.2) is 0 Å². The Bertz CT molecular complexity index is 918. The predicted molar refractivity (Wildman–Crippen MR) is 110 cm³/mol. The summed E-state index contributed by atoms with van der Waals surface area (Å²) >= 11 is 0. The molecule has 1 unspecified atom stereocenters. The van der Waals surface area contributed by atoms with Gasteiger partial charge in [-0.2, -0.15) is 4.31 Å². The molecule has 1 atom stereocenters. The Morgan fingerprint density at radius 3 is 2.47 bits per heavy atom. The third kappa shape index (κ3) is 5.71. The van der Waals surface area contributed by atoms with Gasteiger partial charge in [-0.1, -0.05) is 6.07 Å². The van der Waals surface area contributed by atoms with Crippen molar-refractivity contribution in [2.75, 3.05) is 36.8 Å². The van der Waals surface area contributed by atoms with Crippen molar-refractivity contribution in [3.63, 3.8) is 0 Å². The highest BCUT2D eigenvalue weighted by molar-refractivity contribution is 7.89. The molecule has 0 aromatic carbocycles. The fourth-order valence-corrected chi connectivity index (χ4v) is 5.06. The maximum absolute atomic E-state index is 12.9. The second kappa shape index (κ2) is 9.92. The van der Waals surface area contributed by atoms with Crippen molar-refractivity contribution in [1.82, 2.24) is 24.3 Å². The largest absolute Gasteiger partial charge is 0.354 e. The minimum absolute atomic E-state index is 0.228. The van der Waals surface area contributed by atoms with E-state index in [-0.39, 0.29) is 18.6 Å². The molecule has 1 aliphatic rings. The minimum Gasteiger partial charge on any atom is -0.354 e. The van der Waals surface area contributed by atoms with Gasteiger partial charge >= 0.3 is 0 Å². The van der Waals surface area contributed by atoms with E-state index in [1.54, 1.807) is 24.7 Å². The van der Waals surface area contributed by atoms with Gasteiger partial charge in [0, 0.05) is 51.2 Å². The van der Waals surface area contributed by atoms with Crippen molar-refractivity contribution >= 4 is 22.3 Å². The maximum atomic E-state index is 12.9. The lowest BCUT2D eigenvalue weighted by molar-refractivity contribution is -0.158. The molecule has 11 heteroatoms. The lowest BCUT2D eigenvalue weighted by Gasteiger charge is -2.35. The van der Waals surface area contributed by atoms with E-state index in [0.717, 1.165) is 11.4 Å². The topological polar surface area (TPSA) is 120 Å². The highest BCUT2D eigenvalue weighted by Crippen LogP contribution is 2.17. The zero-order chi connectivity index (χ0) is 21.6. The summed E-state index contributed by atoms with van der Waals surface area (Å²) in [5, 5.41) is 10.3. The molecule has 1 fully saturated rings. The quantitative estimate of drug-likeness (QED) is 0.344. The molecular formula is C19H26N6O4S. The summed E-state index contributed by atoms with van der Waals surface area (Å²) < 4.78 is 27.2. The van der Waals surface area contributed by atoms with Crippen LogP contribution in [0.5, 0.6) is 0 Å². The van der Waals surface area contributed by atoms with E-state index in [4.69, 9.17) is 0 Å². The summed E-state index contributed by atoms with van der Waals surface area (Å²) in [6, 6.07) is 4.70. The SMILES string of the molecule is Cc1ccc(N2CCN(S(=O)(=O)CC(CCc3ncccn3)N(O)C=O)CC2)nc1. The van der Waals surface area contributed by atoms with Crippen molar-refractivity contribution in [1.29, 1.82) is 0 Å². The molecule has 0 radical (unpaired) electrons. The summed E-state index contributed by atoms with van der Waals surface area (Å²) in [5.74, 6) is 0.983. The van der Waals surface area contributed by atoms with E-state index in [1.165, 1.54) is 4.31 Å². The summed E-state index contributed by atoms with van der Waals surface area (Å²) in [6.07, 6.45) is 5.77. The van der Waals surface area contributed by atoms with Gasteiger partial charge < -0.3 is 4.90 Å². The molecule has 1 N–H and O–H groups in total. The van der Waals surface area contributed by atoms with Crippen molar-refractivity contribution in [3.05, 3.63) is 48.2 Å². The molecule has 0 spiro atoms. The highest BCUT2D eigenvalue weighted by atomic mass is 32.2. The summed E-state index contributed by atoms with van der Waals surface area (Å²) in [4.78, 5) is 25.7. The lowest BCUT2D eigenvalue weighted by Crippen LogP contribution is -2.51. The van der Waals surface area contributed by atoms with Crippen LogP contribution in [-0.4, -0.2) is 82.3 Å². The second-order valence-electron chi connectivity index (χ2n) is 7.20. The number of hydroxylamine groups is 2. The summed E-state index contributed by atoms with van der Waals surface area (Å²) in [5.41, 5.74) is 1.07. The van der Waals surface area contributed by atoms with Crippen LogP contribution in [0.25, 0.3) is 0 Å². The number of piperazine rings is 1. The second-order valence-corrected chi connectivity index (χ2v) is 9.21. The molecule has 1 amide bonds. The van der Waals surface area contributed by atoms with Crippen LogP contribution in [-0.2, 0) is 21.2 Å². The van der Waals surface area contributed by atoms with Gasteiger partial charge in [-0.3, -0.25) is 10.0 Å². The van der Waals surface area contributed by atoms with Gasteiger partial charge in [-0.15, -0.1) is 0 Å². The first-order chi connectivity index (χ1) is 14.4. The Hall–Kier alpha value is -2.63. The molecule has 1 aliphatic heterocycles. The van der Waals surface area contributed by atoms with Crippen molar-refractivity contribution in [3.8, 4) is 0 Å². The van der Waals surface area contributed by atoms with E-state index in [2.05, 4.69) is 15.0 Å². The number of hydrogen-bond acceptors (Lipinski definition) is 8. The lowest BCUT2D eigenvalue weighted by atomic mass is 10.2. The number of amides is 1. The third-order valence-electron chi connectivity index (χ3n) is 5.06. The number of aromatic nitrogens is 3. The van der Waals surface area contributed by atoms with Gasteiger partial charge in [0.05, 0.1) is 11.8 Å². The predicted octanol–water partition coefficient (Wildman–Crippen LogP) is 0.481. The molecule has 10 nitrogen and oxygen atoms in total. The Morgan fingerprint density at radius 1 is 1.17 bits per heavy atom. The molecule has 0 aliphatic carbocycles. The van der Waals surface area contributed by atoms with Crippen LogP contribution in [0, 0.1) is 6.92 Å². The Kier molecular flexibility index (Phi) is 7.29. The number of carbonyl (C=O) groups excluding carboxylic acids is 1. The van der Waals surface area contributed by atoms with E-state index in [1.807, 2.05) is 24.0 Å². The van der Waals surface area contributed by atoms with Crippen molar-refractivity contribution in [2.24, 2.45) is 0 Å². The first-order valence-corrected chi connectivity index (χ1v) is 11.3.